The molecule has 3 N–H and O–H groups in total. The minimum Gasteiger partial charge on any atom is -0.508 e. The van der Waals surface area contributed by atoms with Gasteiger partial charge in [-0.05, 0) is 25.0 Å². The third-order valence-corrected chi connectivity index (χ3v) is 3.95. The van der Waals surface area contributed by atoms with E-state index in [1.54, 1.807) is 37.6 Å². The summed E-state index contributed by atoms with van der Waals surface area (Å²) in [4.78, 5) is 12.7. The van der Waals surface area contributed by atoms with Crippen LogP contribution in [-0.4, -0.2) is 49.5 Å². The average molecular weight is 343 g/mol. The van der Waals surface area contributed by atoms with Crippen LogP contribution in [0.2, 0.25) is 0 Å². The molecule has 0 aliphatic carbocycles. The molecule has 0 saturated carbocycles. The molecule has 0 bridgehead atoms. The third kappa shape index (κ3) is 3.86. The standard InChI is InChI=1S/C11H15N5O2.C6H6O/c1-12-10-9-11(14-5-13-10)16(6-15-9)8-3-2-7(4-17)18-8;7-6-4-2-1-3-5-6/h5-8,17H,2-4H2,1H3,(H,12,13,14);1-5,7H. The second-order valence-electron chi connectivity index (χ2n) is 5.60. The van der Waals surface area contributed by atoms with E-state index in [2.05, 4.69) is 20.3 Å². The summed E-state index contributed by atoms with van der Waals surface area (Å²) in [6.07, 6.45) is 4.74. The molecule has 132 valence electrons. The first-order valence-corrected chi connectivity index (χ1v) is 8.08. The number of para-hydroxylation sites is 1. The van der Waals surface area contributed by atoms with Crippen LogP contribution in [0.1, 0.15) is 19.1 Å². The number of rotatable bonds is 3. The van der Waals surface area contributed by atoms with E-state index in [4.69, 9.17) is 14.9 Å². The Hall–Kier alpha value is -2.71. The summed E-state index contributed by atoms with van der Waals surface area (Å²) in [6, 6.07) is 8.71. The molecule has 3 heterocycles. The van der Waals surface area contributed by atoms with E-state index in [0.29, 0.717) is 11.6 Å². The molecule has 0 amide bonds. The van der Waals surface area contributed by atoms with E-state index in [9.17, 15) is 0 Å². The fourth-order valence-corrected chi connectivity index (χ4v) is 2.70. The van der Waals surface area contributed by atoms with E-state index in [1.807, 2.05) is 10.6 Å². The molecule has 8 nitrogen and oxygen atoms in total. The van der Waals surface area contributed by atoms with Crippen LogP contribution in [0.5, 0.6) is 5.75 Å². The maximum atomic E-state index is 9.09. The highest BCUT2D eigenvalue weighted by Crippen LogP contribution is 2.30. The van der Waals surface area contributed by atoms with Crippen LogP contribution < -0.4 is 5.32 Å². The van der Waals surface area contributed by atoms with Gasteiger partial charge >= 0.3 is 0 Å². The molecule has 0 spiro atoms. The Morgan fingerprint density at radius 3 is 2.60 bits per heavy atom. The molecule has 2 atom stereocenters. The highest BCUT2D eigenvalue weighted by Gasteiger charge is 2.27. The molecule has 3 aromatic rings. The summed E-state index contributed by atoms with van der Waals surface area (Å²) >= 11 is 0. The van der Waals surface area contributed by atoms with E-state index < -0.39 is 0 Å². The van der Waals surface area contributed by atoms with Gasteiger partial charge in [0, 0.05) is 7.05 Å². The minimum absolute atomic E-state index is 0.0554. The lowest BCUT2D eigenvalue weighted by molar-refractivity contribution is -0.0207. The van der Waals surface area contributed by atoms with Crippen LogP contribution in [-0.2, 0) is 4.74 Å². The third-order valence-electron chi connectivity index (χ3n) is 3.95. The van der Waals surface area contributed by atoms with Crippen LogP contribution in [0.25, 0.3) is 11.2 Å². The second-order valence-corrected chi connectivity index (χ2v) is 5.60. The van der Waals surface area contributed by atoms with Gasteiger partial charge in [-0.25, -0.2) is 15.0 Å². The van der Waals surface area contributed by atoms with Gasteiger partial charge in [0.15, 0.2) is 11.5 Å². The summed E-state index contributed by atoms with van der Waals surface area (Å²) < 4.78 is 7.63. The molecule has 2 unspecified atom stereocenters. The number of fused-ring (bicyclic) bond motifs is 1. The molecule has 1 aliphatic rings. The molecule has 4 rings (SSSR count). The molecule has 1 saturated heterocycles. The largest absolute Gasteiger partial charge is 0.508 e. The average Bonchev–Trinajstić information content (AvgIpc) is 3.29. The SMILES string of the molecule is CNc1ncnc2c1ncn2C1CCC(CO)O1.Oc1ccccc1. The fraction of sp³-hybridized carbons (Fsp3) is 0.353. The molecular weight excluding hydrogens is 322 g/mol. The first-order valence-electron chi connectivity index (χ1n) is 8.08. The molecule has 1 aliphatic heterocycles. The van der Waals surface area contributed by atoms with Gasteiger partial charge in [-0.3, -0.25) is 4.57 Å². The summed E-state index contributed by atoms with van der Waals surface area (Å²) in [7, 11) is 1.80. The van der Waals surface area contributed by atoms with Gasteiger partial charge < -0.3 is 20.3 Å². The van der Waals surface area contributed by atoms with Crippen molar-refractivity contribution in [2.75, 3.05) is 19.0 Å². The lowest BCUT2D eigenvalue weighted by atomic mass is 10.2. The Labute approximate surface area is 145 Å². The van der Waals surface area contributed by atoms with Crippen LogP contribution in [0.4, 0.5) is 5.82 Å². The Balaban J connectivity index is 0.000000219. The Bertz CT molecular complexity index is 808. The molecule has 2 aromatic heterocycles. The number of aliphatic hydroxyl groups excluding tert-OH is 1. The number of hydrogen-bond acceptors (Lipinski definition) is 7. The molecule has 1 fully saturated rings. The smallest absolute Gasteiger partial charge is 0.167 e. The van der Waals surface area contributed by atoms with E-state index >= 15 is 0 Å². The highest BCUT2D eigenvalue weighted by atomic mass is 16.5. The van der Waals surface area contributed by atoms with Crippen LogP contribution >= 0.6 is 0 Å². The van der Waals surface area contributed by atoms with Crippen molar-refractivity contribution < 1.29 is 14.9 Å². The number of aromatic hydroxyl groups is 1. The normalized spacial score (nSPS) is 19.4. The number of phenolic OH excluding ortho intramolecular Hbond substituents is 1. The van der Waals surface area contributed by atoms with Crippen molar-refractivity contribution >= 4 is 17.0 Å². The fourth-order valence-electron chi connectivity index (χ4n) is 2.70. The molecule has 8 heteroatoms. The van der Waals surface area contributed by atoms with Gasteiger partial charge in [0.25, 0.3) is 0 Å². The predicted octanol–water partition coefficient (Wildman–Crippen LogP) is 1.93. The molecule has 0 radical (unpaired) electrons. The predicted molar refractivity (Wildman–Crippen MR) is 93.2 cm³/mol. The van der Waals surface area contributed by atoms with Crippen molar-refractivity contribution in [1.29, 1.82) is 0 Å². The zero-order valence-corrected chi connectivity index (χ0v) is 13.9. The van der Waals surface area contributed by atoms with Crippen molar-refractivity contribution in [3.63, 3.8) is 0 Å². The van der Waals surface area contributed by atoms with Crippen molar-refractivity contribution in [2.45, 2.75) is 25.2 Å². The lowest BCUT2D eigenvalue weighted by Crippen LogP contribution is -2.14. The number of benzene rings is 1. The minimum atomic E-state index is -0.105. The molecule has 1 aromatic carbocycles. The maximum absolute atomic E-state index is 9.09. The first kappa shape index (κ1) is 17.1. The lowest BCUT2D eigenvalue weighted by Gasteiger charge is -2.13. The van der Waals surface area contributed by atoms with Crippen molar-refractivity contribution in [3.05, 3.63) is 43.0 Å². The van der Waals surface area contributed by atoms with E-state index in [-0.39, 0.29) is 18.9 Å². The number of ether oxygens (including phenoxy) is 1. The van der Waals surface area contributed by atoms with E-state index in [1.165, 1.54) is 6.33 Å². The van der Waals surface area contributed by atoms with Crippen molar-refractivity contribution in [2.24, 2.45) is 0 Å². The summed E-state index contributed by atoms with van der Waals surface area (Å²) in [5.41, 5.74) is 1.48. The number of aliphatic hydroxyl groups is 1. The van der Waals surface area contributed by atoms with Crippen LogP contribution in [0.15, 0.2) is 43.0 Å². The first-order chi connectivity index (χ1) is 12.2. The summed E-state index contributed by atoms with van der Waals surface area (Å²) in [5.74, 6) is 1.03. The van der Waals surface area contributed by atoms with Gasteiger partial charge in [-0.2, -0.15) is 0 Å². The Morgan fingerprint density at radius 1 is 1.20 bits per heavy atom. The number of anilines is 1. The van der Waals surface area contributed by atoms with Gasteiger partial charge in [0.2, 0.25) is 0 Å². The monoisotopic (exact) mass is 343 g/mol. The second kappa shape index (κ2) is 7.91. The summed E-state index contributed by atoms with van der Waals surface area (Å²) in [5, 5.41) is 20.7. The zero-order valence-electron chi connectivity index (χ0n) is 13.9. The van der Waals surface area contributed by atoms with E-state index in [0.717, 1.165) is 24.0 Å². The Morgan fingerprint density at radius 2 is 2.00 bits per heavy atom. The van der Waals surface area contributed by atoms with Crippen molar-refractivity contribution in [1.82, 2.24) is 19.5 Å². The number of nitrogens with one attached hydrogen (secondary N) is 1. The Kier molecular flexibility index (Phi) is 5.42. The quantitative estimate of drug-likeness (QED) is 0.667. The number of hydrogen-bond donors (Lipinski definition) is 3. The van der Waals surface area contributed by atoms with Gasteiger partial charge in [0.05, 0.1) is 19.0 Å². The van der Waals surface area contributed by atoms with Gasteiger partial charge in [-0.15, -0.1) is 0 Å². The van der Waals surface area contributed by atoms with Crippen LogP contribution in [0.3, 0.4) is 0 Å². The maximum Gasteiger partial charge on any atom is 0.167 e. The molecule has 25 heavy (non-hydrogen) atoms. The number of imidazole rings is 1. The zero-order chi connectivity index (χ0) is 17.6. The topological polar surface area (TPSA) is 105 Å². The van der Waals surface area contributed by atoms with Crippen LogP contribution in [0, 0.1) is 0 Å². The number of nitrogens with zero attached hydrogens (tertiary/aromatic N) is 4. The molecular formula is C17H21N5O3. The van der Waals surface area contributed by atoms with Crippen molar-refractivity contribution in [3.8, 4) is 5.75 Å². The summed E-state index contributed by atoms with van der Waals surface area (Å²) in [6.45, 7) is 0.0554. The number of aromatic nitrogens is 4. The number of phenols is 1. The van der Waals surface area contributed by atoms with Gasteiger partial charge in [-0.1, -0.05) is 18.2 Å². The highest BCUT2D eigenvalue weighted by molar-refractivity contribution is 5.82. The van der Waals surface area contributed by atoms with Gasteiger partial charge in [0.1, 0.15) is 23.8 Å².